The third kappa shape index (κ3) is 3.96. The Morgan fingerprint density at radius 3 is 2.65 bits per heavy atom. The Balaban J connectivity index is 1.64. The largest absolute Gasteiger partial charge is 0.324 e. The molecule has 0 bridgehead atoms. The van der Waals surface area contributed by atoms with Gasteiger partial charge in [-0.2, -0.15) is 4.68 Å². The first-order chi connectivity index (χ1) is 11.2. The van der Waals surface area contributed by atoms with E-state index in [1.54, 1.807) is 4.68 Å². The van der Waals surface area contributed by atoms with Gasteiger partial charge in [0.2, 0.25) is 11.1 Å². The van der Waals surface area contributed by atoms with Crippen LogP contribution in [0, 0.1) is 0 Å². The molecule has 0 fully saturated rings. The Morgan fingerprint density at radius 1 is 1.13 bits per heavy atom. The Labute approximate surface area is 145 Å². The zero-order valence-corrected chi connectivity index (χ0v) is 14.3. The summed E-state index contributed by atoms with van der Waals surface area (Å²) in [4.78, 5) is 12.1. The van der Waals surface area contributed by atoms with Crippen molar-refractivity contribution in [2.45, 2.75) is 5.16 Å². The molecule has 23 heavy (non-hydrogen) atoms. The lowest BCUT2D eigenvalue weighted by molar-refractivity contribution is -0.113. The van der Waals surface area contributed by atoms with Gasteiger partial charge < -0.3 is 5.32 Å². The highest BCUT2D eigenvalue weighted by atomic mass is 79.9. The van der Waals surface area contributed by atoms with Crippen LogP contribution in [0.4, 0.5) is 5.69 Å². The summed E-state index contributed by atoms with van der Waals surface area (Å²) >= 11 is 4.68. The van der Waals surface area contributed by atoms with E-state index in [0.29, 0.717) is 5.16 Å². The van der Waals surface area contributed by atoms with Gasteiger partial charge in [-0.25, -0.2) is 0 Å². The van der Waals surface area contributed by atoms with Crippen LogP contribution in [-0.2, 0) is 4.79 Å². The first kappa shape index (κ1) is 15.7. The number of halogens is 1. The van der Waals surface area contributed by atoms with Gasteiger partial charge >= 0.3 is 0 Å². The Kier molecular flexibility index (Phi) is 5.04. The van der Waals surface area contributed by atoms with Gasteiger partial charge in [0.25, 0.3) is 0 Å². The number of tetrazole rings is 1. The van der Waals surface area contributed by atoms with Gasteiger partial charge in [0, 0.05) is 4.47 Å². The molecule has 0 saturated heterocycles. The number of rotatable bonds is 5. The summed E-state index contributed by atoms with van der Waals surface area (Å²) in [5.74, 6) is 0.0960. The molecular weight excluding hydrogens is 378 g/mol. The third-order valence-electron chi connectivity index (χ3n) is 2.92. The molecule has 116 valence electrons. The van der Waals surface area contributed by atoms with Crippen molar-refractivity contribution < 1.29 is 4.79 Å². The second-order valence-corrected chi connectivity index (χ2v) is 6.32. The lowest BCUT2D eigenvalue weighted by atomic mass is 10.3. The lowest BCUT2D eigenvalue weighted by Crippen LogP contribution is -2.15. The normalized spacial score (nSPS) is 10.5. The van der Waals surface area contributed by atoms with E-state index < -0.39 is 0 Å². The molecule has 1 amide bonds. The molecule has 8 heteroatoms. The molecule has 0 unspecified atom stereocenters. The Hall–Kier alpha value is -2.19. The van der Waals surface area contributed by atoms with Crippen LogP contribution in [0.2, 0.25) is 0 Å². The van der Waals surface area contributed by atoms with Crippen LogP contribution in [0.3, 0.4) is 0 Å². The number of amides is 1. The number of hydrogen-bond donors (Lipinski definition) is 1. The highest BCUT2D eigenvalue weighted by Gasteiger charge is 2.12. The molecule has 2 aromatic carbocycles. The van der Waals surface area contributed by atoms with Crippen molar-refractivity contribution in [1.82, 2.24) is 20.2 Å². The molecule has 3 aromatic rings. The molecule has 0 radical (unpaired) electrons. The van der Waals surface area contributed by atoms with Crippen LogP contribution in [0.1, 0.15) is 0 Å². The maximum Gasteiger partial charge on any atom is 0.234 e. The monoisotopic (exact) mass is 389 g/mol. The molecule has 1 heterocycles. The van der Waals surface area contributed by atoms with Gasteiger partial charge in [0.15, 0.2) is 0 Å². The summed E-state index contributed by atoms with van der Waals surface area (Å²) in [5, 5.41) is 15.0. The van der Waals surface area contributed by atoms with Crippen LogP contribution in [0.25, 0.3) is 5.69 Å². The fourth-order valence-corrected chi connectivity index (χ4v) is 2.95. The van der Waals surface area contributed by atoms with Gasteiger partial charge in [0.1, 0.15) is 0 Å². The summed E-state index contributed by atoms with van der Waals surface area (Å²) in [6.07, 6.45) is 0. The van der Waals surface area contributed by atoms with E-state index in [-0.39, 0.29) is 11.7 Å². The van der Waals surface area contributed by atoms with Crippen molar-refractivity contribution in [3.05, 3.63) is 59.1 Å². The Bertz CT molecular complexity index is 808. The van der Waals surface area contributed by atoms with Crippen LogP contribution in [0.15, 0.2) is 64.2 Å². The number of thioether (sulfide) groups is 1. The predicted molar refractivity (Wildman–Crippen MR) is 92.6 cm³/mol. The van der Waals surface area contributed by atoms with Gasteiger partial charge in [-0.3, -0.25) is 4.79 Å². The highest BCUT2D eigenvalue weighted by Crippen LogP contribution is 2.22. The number of carbonyl (C=O) groups excluding carboxylic acids is 1. The molecule has 0 aliphatic heterocycles. The number of aromatic nitrogens is 4. The smallest absolute Gasteiger partial charge is 0.234 e. The second-order valence-electron chi connectivity index (χ2n) is 4.53. The van der Waals surface area contributed by atoms with Crippen molar-refractivity contribution in [2.24, 2.45) is 0 Å². The summed E-state index contributed by atoms with van der Waals surface area (Å²) < 4.78 is 2.45. The van der Waals surface area contributed by atoms with E-state index in [9.17, 15) is 4.79 Å². The molecular formula is C15H12BrN5OS. The second kappa shape index (κ2) is 7.38. The van der Waals surface area contributed by atoms with Crippen LogP contribution in [-0.4, -0.2) is 31.9 Å². The van der Waals surface area contributed by atoms with Crippen molar-refractivity contribution in [3.8, 4) is 5.69 Å². The van der Waals surface area contributed by atoms with Crippen LogP contribution in [0.5, 0.6) is 0 Å². The molecule has 0 aliphatic carbocycles. The van der Waals surface area contributed by atoms with Gasteiger partial charge in [-0.15, -0.1) is 5.10 Å². The summed E-state index contributed by atoms with van der Waals surface area (Å²) in [5.41, 5.74) is 1.59. The SMILES string of the molecule is O=C(CSc1nnnn1-c1ccccc1)Nc1ccccc1Br. The number of hydrogen-bond acceptors (Lipinski definition) is 5. The number of nitrogens with zero attached hydrogens (tertiary/aromatic N) is 4. The van der Waals surface area contributed by atoms with E-state index in [0.717, 1.165) is 15.8 Å². The van der Waals surface area contributed by atoms with Gasteiger partial charge in [0.05, 0.1) is 17.1 Å². The topological polar surface area (TPSA) is 72.7 Å². The fraction of sp³-hybridized carbons (Fsp3) is 0.0667. The van der Waals surface area contributed by atoms with Crippen molar-refractivity contribution in [2.75, 3.05) is 11.1 Å². The molecule has 1 aromatic heterocycles. The minimum Gasteiger partial charge on any atom is -0.324 e. The first-order valence-electron chi connectivity index (χ1n) is 6.75. The van der Waals surface area contributed by atoms with E-state index in [1.807, 2.05) is 54.6 Å². The van der Waals surface area contributed by atoms with Crippen LogP contribution < -0.4 is 5.32 Å². The highest BCUT2D eigenvalue weighted by molar-refractivity contribution is 9.10. The average Bonchev–Trinajstić information content (AvgIpc) is 3.04. The minimum absolute atomic E-state index is 0.121. The third-order valence-corrected chi connectivity index (χ3v) is 4.53. The number of benzene rings is 2. The fourth-order valence-electron chi connectivity index (χ4n) is 1.88. The van der Waals surface area contributed by atoms with E-state index in [4.69, 9.17) is 0 Å². The lowest BCUT2D eigenvalue weighted by Gasteiger charge is -2.07. The van der Waals surface area contributed by atoms with E-state index in [1.165, 1.54) is 11.8 Å². The zero-order valence-electron chi connectivity index (χ0n) is 11.9. The molecule has 0 aliphatic rings. The van der Waals surface area contributed by atoms with E-state index in [2.05, 4.69) is 36.8 Å². The van der Waals surface area contributed by atoms with Crippen molar-refractivity contribution >= 4 is 39.3 Å². The molecule has 3 rings (SSSR count). The van der Waals surface area contributed by atoms with Gasteiger partial charge in [-0.1, -0.05) is 42.1 Å². The van der Waals surface area contributed by atoms with Gasteiger partial charge in [-0.05, 0) is 50.6 Å². The summed E-state index contributed by atoms with van der Waals surface area (Å²) in [6, 6.07) is 17.0. The number of carbonyl (C=O) groups is 1. The Morgan fingerprint density at radius 2 is 1.87 bits per heavy atom. The maximum absolute atomic E-state index is 12.1. The number of para-hydroxylation sites is 2. The first-order valence-corrected chi connectivity index (χ1v) is 8.53. The molecule has 0 atom stereocenters. The quantitative estimate of drug-likeness (QED) is 0.678. The summed E-state index contributed by atoms with van der Waals surface area (Å²) in [6.45, 7) is 0. The predicted octanol–water partition coefficient (Wildman–Crippen LogP) is 3.16. The van der Waals surface area contributed by atoms with Crippen LogP contribution >= 0.6 is 27.7 Å². The molecule has 6 nitrogen and oxygen atoms in total. The minimum atomic E-state index is -0.121. The maximum atomic E-state index is 12.1. The number of nitrogens with one attached hydrogen (secondary N) is 1. The molecule has 1 N–H and O–H groups in total. The molecule has 0 saturated carbocycles. The van der Waals surface area contributed by atoms with Crippen molar-refractivity contribution in [1.29, 1.82) is 0 Å². The average molecular weight is 390 g/mol. The number of anilines is 1. The standard InChI is InChI=1S/C15H12BrN5OS/c16-12-8-4-5-9-13(12)17-14(22)10-23-15-18-19-20-21(15)11-6-2-1-3-7-11/h1-9H,10H2,(H,17,22). The van der Waals surface area contributed by atoms with E-state index >= 15 is 0 Å². The van der Waals surface area contributed by atoms with Crippen molar-refractivity contribution in [3.63, 3.8) is 0 Å². The molecule has 0 spiro atoms. The zero-order chi connectivity index (χ0) is 16.1. The summed E-state index contributed by atoms with van der Waals surface area (Å²) in [7, 11) is 0.